The Morgan fingerprint density at radius 2 is 1.50 bits per heavy atom. The van der Waals surface area contributed by atoms with Crippen LogP contribution in [0.2, 0.25) is 16.6 Å². The number of benzene rings is 1. The van der Waals surface area contributed by atoms with Crippen LogP contribution in [0.1, 0.15) is 59.6 Å². The molecule has 4 nitrogen and oxygen atoms in total. The van der Waals surface area contributed by atoms with Gasteiger partial charge in [0, 0.05) is 12.5 Å². The molecule has 1 N–H and O–H groups in total. The minimum absolute atomic E-state index is 0.0454. The van der Waals surface area contributed by atoms with Crippen molar-refractivity contribution in [2.75, 3.05) is 20.8 Å². The van der Waals surface area contributed by atoms with Gasteiger partial charge in [0.25, 0.3) is 0 Å². The second kappa shape index (κ2) is 11.0. The van der Waals surface area contributed by atoms with Crippen LogP contribution >= 0.6 is 0 Å². The summed E-state index contributed by atoms with van der Waals surface area (Å²) >= 11 is 0. The first kappa shape index (κ1) is 24.7. The van der Waals surface area contributed by atoms with Crippen molar-refractivity contribution in [3.05, 3.63) is 36.4 Å². The molecule has 0 unspecified atom stereocenters. The van der Waals surface area contributed by atoms with E-state index in [0.29, 0.717) is 34.5 Å². The van der Waals surface area contributed by atoms with E-state index in [-0.39, 0.29) is 18.6 Å². The Morgan fingerprint density at radius 3 is 1.89 bits per heavy atom. The Kier molecular flexibility index (Phi) is 9.74. The largest absolute Gasteiger partial charge is 0.493 e. The highest BCUT2D eigenvalue weighted by Gasteiger charge is 2.47. The van der Waals surface area contributed by atoms with Crippen molar-refractivity contribution in [2.24, 2.45) is 5.92 Å². The summed E-state index contributed by atoms with van der Waals surface area (Å²) in [6.45, 7) is 17.6. The fraction of sp³-hybridized carbons (Fsp3) is 0.652. The quantitative estimate of drug-likeness (QED) is 0.334. The Morgan fingerprint density at radius 1 is 0.964 bits per heavy atom. The Balaban J connectivity index is 3.54. The second-order valence-corrected chi connectivity index (χ2v) is 13.8. The summed E-state index contributed by atoms with van der Waals surface area (Å²) in [5.74, 6) is 1.31. The zero-order valence-electron chi connectivity index (χ0n) is 19.0. The lowest BCUT2D eigenvalue weighted by molar-refractivity contribution is 0.0725. The fourth-order valence-electron chi connectivity index (χ4n) is 4.60. The molecule has 0 saturated heterocycles. The van der Waals surface area contributed by atoms with Gasteiger partial charge in [-0.15, -0.1) is 6.58 Å². The predicted octanol–water partition coefficient (Wildman–Crippen LogP) is 6.12. The van der Waals surface area contributed by atoms with Gasteiger partial charge < -0.3 is 19.0 Å². The molecule has 0 amide bonds. The first-order valence-electron chi connectivity index (χ1n) is 10.3. The van der Waals surface area contributed by atoms with E-state index in [4.69, 9.17) is 13.9 Å². The number of allylic oxidation sites excluding steroid dienone is 1. The van der Waals surface area contributed by atoms with Crippen molar-refractivity contribution < 1.29 is 19.0 Å². The Bertz CT molecular complexity index is 591. The third-order valence-electron chi connectivity index (χ3n) is 5.91. The number of ether oxygens (including phenoxy) is 2. The zero-order valence-corrected chi connectivity index (χ0v) is 20.0. The molecule has 0 aliphatic carbocycles. The third kappa shape index (κ3) is 5.19. The number of aliphatic hydroxyl groups is 1. The molecule has 0 saturated carbocycles. The molecule has 0 spiro atoms. The lowest BCUT2D eigenvalue weighted by atomic mass is 9.93. The molecular weight excluding hydrogens is 368 g/mol. The standard InChI is InChI=1S/C23H40O4Si/c1-10-11-20(15-24)23(19-12-13-21(25-8)22(14-19)26-9)27-28(16(2)3,17(4)5)18(6)7/h10,12-14,16-18,20,23-24H,1,11,15H2,2-9H3/t20-,23+/m0/s1. The summed E-state index contributed by atoms with van der Waals surface area (Å²) < 4.78 is 18.0. The van der Waals surface area contributed by atoms with E-state index in [9.17, 15) is 5.11 Å². The molecule has 0 heterocycles. The SMILES string of the molecule is C=CC[C@@H](CO)[C@H](O[Si](C(C)C)(C(C)C)C(C)C)c1ccc(OC)c(OC)c1. The van der Waals surface area contributed by atoms with Crippen LogP contribution in [0, 0.1) is 5.92 Å². The maximum Gasteiger partial charge on any atom is 0.201 e. The Labute approximate surface area is 173 Å². The zero-order chi connectivity index (χ0) is 21.5. The van der Waals surface area contributed by atoms with Gasteiger partial charge in [-0.1, -0.05) is 53.7 Å². The molecule has 1 rings (SSSR count). The van der Waals surface area contributed by atoms with E-state index < -0.39 is 8.32 Å². The number of rotatable bonds is 12. The van der Waals surface area contributed by atoms with E-state index in [1.807, 2.05) is 24.3 Å². The highest BCUT2D eigenvalue weighted by Crippen LogP contribution is 2.47. The Hall–Kier alpha value is -1.30. The van der Waals surface area contributed by atoms with E-state index in [0.717, 1.165) is 5.56 Å². The van der Waals surface area contributed by atoms with E-state index in [2.05, 4.69) is 48.1 Å². The van der Waals surface area contributed by atoms with E-state index >= 15 is 0 Å². The topological polar surface area (TPSA) is 47.9 Å². The smallest absolute Gasteiger partial charge is 0.201 e. The molecule has 160 valence electrons. The summed E-state index contributed by atoms with van der Waals surface area (Å²) in [7, 11) is 1.12. The first-order chi connectivity index (χ1) is 13.2. The monoisotopic (exact) mass is 408 g/mol. The van der Waals surface area contributed by atoms with Crippen molar-refractivity contribution in [1.29, 1.82) is 0 Å². The number of aliphatic hydroxyl groups excluding tert-OH is 1. The maximum absolute atomic E-state index is 10.2. The van der Waals surface area contributed by atoms with Crippen LogP contribution in [0.3, 0.4) is 0 Å². The van der Waals surface area contributed by atoms with Gasteiger partial charge in [-0.25, -0.2) is 0 Å². The van der Waals surface area contributed by atoms with E-state index in [1.54, 1.807) is 14.2 Å². The van der Waals surface area contributed by atoms with Gasteiger partial charge >= 0.3 is 0 Å². The van der Waals surface area contributed by atoms with Crippen molar-refractivity contribution >= 4 is 8.32 Å². The molecule has 0 bridgehead atoms. The molecule has 1 aromatic carbocycles. The van der Waals surface area contributed by atoms with Crippen LogP contribution in [-0.2, 0) is 4.43 Å². The molecule has 0 aliphatic rings. The van der Waals surface area contributed by atoms with E-state index in [1.165, 1.54) is 0 Å². The van der Waals surface area contributed by atoms with Gasteiger partial charge in [-0.2, -0.15) is 0 Å². The highest BCUT2D eigenvalue weighted by molar-refractivity contribution is 6.77. The number of methoxy groups -OCH3 is 2. The highest BCUT2D eigenvalue weighted by atomic mass is 28.4. The maximum atomic E-state index is 10.2. The van der Waals surface area contributed by atoms with Crippen LogP contribution < -0.4 is 9.47 Å². The molecule has 1 aromatic rings. The van der Waals surface area contributed by atoms with Crippen molar-refractivity contribution in [3.8, 4) is 11.5 Å². The van der Waals surface area contributed by atoms with Crippen LogP contribution in [0.4, 0.5) is 0 Å². The lowest BCUT2D eigenvalue weighted by Gasteiger charge is -2.46. The van der Waals surface area contributed by atoms with Crippen molar-refractivity contribution in [1.82, 2.24) is 0 Å². The minimum atomic E-state index is -2.15. The minimum Gasteiger partial charge on any atom is -0.493 e. The molecule has 2 atom stereocenters. The van der Waals surface area contributed by atoms with Crippen molar-refractivity contribution in [2.45, 2.75) is 70.7 Å². The molecule has 0 radical (unpaired) electrons. The van der Waals surface area contributed by atoms with Gasteiger partial charge in [0.1, 0.15) is 0 Å². The first-order valence-corrected chi connectivity index (χ1v) is 12.4. The summed E-state index contributed by atoms with van der Waals surface area (Å²) in [6.07, 6.45) is 2.33. The average molecular weight is 409 g/mol. The van der Waals surface area contributed by atoms with Gasteiger partial charge in [0.05, 0.1) is 20.3 Å². The van der Waals surface area contributed by atoms with Gasteiger partial charge in [0.2, 0.25) is 8.32 Å². The molecule has 5 heteroatoms. The summed E-state index contributed by atoms with van der Waals surface area (Å²) in [5.41, 5.74) is 2.38. The number of hydrogen-bond donors (Lipinski definition) is 1. The molecule has 0 fully saturated rings. The van der Waals surface area contributed by atoms with Crippen LogP contribution in [0.25, 0.3) is 0 Å². The third-order valence-corrected chi connectivity index (χ3v) is 12.0. The average Bonchev–Trinajstić information content (AvgIpc) is 2.66. The van der Waals surface area contributed by atoms with Gasteiger partial charge in [0.15, 0.2) is 11.5 Å². The molecule has 0 aliphatic heterocycles. The fourth-order valence-corrected chi connectivity index (χ4v) is 10.2. The molecule has 28 heavy (non-hydrogen) atoms. The normalized spacial score (nSPS) is 14.4. The lowest BCUT2D eigenvalue weighted by Crippen LogP contribution is -2.49. The second-order valence-electron chi connectivity index (χ2n) is 8.44. The molecular formula is C23H40O4Si. The van der Waals surface area contributed by atoms with Crippen LogP contribution in [-0.4, -0.2) is 34.3 Å². The summed E-state index contributed by atoms with van der Waals surface area (Å²) in [4.78, 5) is 0. The summed E-state index contributed by atoms with van der Waals surface area (Å²) in [5, 5.41) is 10.2. The number of hydrogen-bond acceptors (Lipinski definition) is 4. The molecule has 0 aromatic heterocycles. The predicted molar refractivity (Wildman–Crippen MR) is 120 cm³/mol. The van der Waals surface area contributed by atoms with Gasteiger partial charge in [-0.3, -0.25) is 0 Å². The van der Waals surface area contributed by atoms with Crippen LogP contribution in [0.15, 0.2) is 30.9 Å². The van der Waals surface area contributed by atoms with Crippen LogP contribution in [0.5, 0.6) is 11.5 Å². The van der Waals surface area contributed by atoms with Gasteiger partial charge in [-0.05, 0) is 40.7 Å². The summed E-state index contributed by atoms with van der Waals surface area (Å²) in [6, 6.07) is 5.92. The van der Waals surface area contributed by atoms with Crippen molar-refractivity contribution in [3.63, 3.8) is 0 Å².